The first-order chi connectivity index (χ1) is 12.3. The molecule has 0 saturated carbocycles. The lowest BCUT2D eigenvalue weighted by Gasteiger charge is -2.18. The van der Waals surface area contributed by atoms with Gasteiger partial charge in [0.25, 0.3) is 0 Å². The number of sulfonamides is 1. The van der Waals surface area contributed by atoms with Crippen molar-refractivity contribution in [3.63, 3.8) is 0 Å². The average Bonchev–Trinajstić information content (AvgIpc) is 2.95. The van der Waals surface area contributed by atoms with Crippen molar-refractivity contribution < 1.29 is 17.6 Å². The van der Waals surface area contributed by atoms with Crippen LogP contribution in [0.1, 0.15) is 18.4 Å². The molecular formula is C18H18ClFN2O3S. The third-order valence-electron chi connectivity index (χ3n) is 4.17. The summed E-state index contributed by atoms with van der Waals surface area (Å²) in [5, 5.41) is 3.05. The highest BCUT2D eigenvalue weighted by atomic mass is 35.5. The molecule has 0 unspecified atom stereocenters. The summed E-state index contributed by atoms with van der Waals surface area (Å²) in [6.07, 6.45) is 1.24. The van der Waals surface area contributed by atoms with E-state index in [-0.39, 0.29) is 23.9 Å². The van der Waals surface area contributed by atoms with E-state index in [2.05, 4.69) is 5.32 Å². The Balaban J connectivity index is 1.68. The van der Waals surface area contributed by atoms with E-state index in [0.717, 1.165) is 5.56 Å². The number of halogens is 2. The summed E-state index contributed by atoms with van der Waals surface area (Å²) in [5.41, 5.74) is 1.71. The van der Waals surface area contributed by atoms with Crippen molar-refractivity contribution in [1.29, 1.82) is 0 Å². The van der Waals surface area contributed by atoms with Crippen molar-refractivity contribution in [3.05, 3.63) is 58.9 Å². The van der Waals surface area contributed by atoms with Gasteiger partial charge in [0, 0.05) is 13.0 Å². The number of aryl methyl sites for hydroxylation is 1. The number of nitrogens with one attached hydrogen (secondary N) is 1. The van der Waals surface area contributed by atoms with Gasteiger partial charge in [0.15, 0.2) is 0 Å². The largest absolute Gasteiger partial charge is 0.325 e. The third-order valence-corrected chi connectivity index (χ3v) is 6.36. The van der Waals surface area contributed by atoms with Crippen LogP contribution in [0.4, 0.5) is 15.8 Å². The molecule has 138 valence electrons. The maximum absolute atomic E-state index is 12.9. The van der Waals surface area contributed by atoms with E-state index in [0.29, 0.717) is 35.8 Å². The van der Waals surface area contributed by atoms with E-state index < -0.39 is 10.0 Å². The van der Waals surface area contributed by atoms with Gasteiger partial charge >= 0.3 is 0 Å². The molecule has 0 spiro atoms. The van der Waals surface area contributed by atoms with Gasteiger partial charge in [-0.25, -0.2) is 12.8 Å². The minimum Gasteiger partial charge on any atom is -0.325 e. The molecule has 2 aromatic rings. The highest BCUT2D eigenvalue weighted by Gasteiger charge is 2.28. The number of nitrogens with zero attached hydrogens (tertiary/aromatic N) is 1. The summed E-state index contributed by atoms with van der Waals surface area (Å²) in [7, 11) is -3.30. The second-order valence-corrected chi connectivity index (χ2v) is 8.50. The Morgan fingerprint density at radius 1 is 1.19 bits per heavy atom. The van der Waals surface area contributed by atoms with Gasteiger partial charge in [-0.05, 0) is 48.7 Å². The molecule has 0 radical (unpaired) electrons. The fourth-order valence-corrected chi connectivity index (χ4v) is 4.54. The maximum atomic E-state index is 12.9. The van der Waals surface area contributed by atoms with Crippen LogP contribution in [0.15, 0.2) is 42.5 Å². The number of amides is 1. The van der Waals surface area contributed by atoms with Crippen LogP contribution in [0.2, 0.25) is 5.02 Å². The molecule has 1 aliphatic rings. The van der Waals surface area contributed by atoms with Crippen molar-refractivity contribution in [3.8, 4) is 0 Å². The number of anilines is 2. The fraction of sp³-hybridized carbons (Fsp3) is 0.278. The molecule has 0 bridgehead atoms. The van der Waals surface area contributed by atoms with E-state index >= 15 is 0 Å². The number of rotatable bonds is 5. The Labute approximate surface area is 156 Å². The van der Waals surface area contributed by atoms with Crippen LogP contribution in [-0.2, 0) is 21.2 Å². The Morgan fingerprint density at radius 3 is 2.58 bits per heavy atom. The molecular weight excluding hydrogens is 379 g/mol. The van der Waals surface area contributed by atoms with Crippen LogP contribution in [0.25, 0.3) is 0 Å². The van der Waals surface area contributed by atoms with Crippen molar-refractivity contribution in [1.82, 2.24) is 0 Å². The Bertz CT molecular complexity index is 917. The third kappa shape index (κ3) is 4.34. The topological polar surface area (TPSA) is 66.5 Å². The summed E-state index contributed by atoms with van der Waals surface area (Å²) in [6, 6.07) is 10.7. The van der Waals surface area contributed by atoms with E-state index in [4.69, 9.17) is 11.6 Å². The SMILES string of the molecule is O=C(CCc1ccc(F)cc1)Nc1cc(N2CCCS2(=O)=O)ccc1Cl. The molecule has 2 aromatic carbocycles. The van der Waals surface area contributed by atoms with E-state index in [1.54, 1.807) is 30.3 Å². The predicted octanol–water partition coefficient (Wildman–Crippen LogP) is 3.59. The van der Waals surface area contributed by atoms with Gasteiger partial charge in [-0.3, -0.25) is 9.10 Å². The second-order valence-electron chi connectivity index (χ2n) is 6.08. The second kappa shape index (κ2) is 7.63. The van der Waals surface area contributed by atoms with Crippen LogP contribution < -0.4 is 9.62 Å². The molecule has 0 atom stereocenters. The Kier molecular flexibility index (Phi) is 5.48. The first-order valence-corrected chi connectivity index (χ1v) is 10.2. The molecule has 3 rings (SSSR count). The monoisotopic (exact) mass is 396 g/mol. The highest BCUT2D eigenvalue weighted by Crippen LogP contribution is 2.31. The van der Waals surface area contributed by atoms with Crippen LogP contribution in [-0.4, -0.2) is 26.6 Å². The first-order valence-electron chi connectivity index (χ1n) is 8.19. The Morgan fingerprint density at radius 2 is 1.92 bits per heavy atom. The fourth-order valence-electron chi connectivity index (χ4n) is 2.82. The Hall–Kier alpha value is -2.12. The number of carbonyl (C=O) groups excluding carboxylic acids is 1. The minimum absolute atomic E-state index is 0.120. The summed E-state index contributed by atoms with van der Waals surface area (Å²) in [5.74, 6) is -0.453. The molecule has 1 aliphatic heterocycles. The molecule has 1 amide bonds. The molecule has 0 aliphatic carbocycles. The number of carbonyl (C=O) groups is 1. The van der Waals surface area contributed by atoms with Crippen LogP contribution in [0.3, 0.4) is 0 Å². The maximum Gasteiger partial charge on any atom is 0.235 e. The molecule has 5 nitrogen and oxygen atoms in total. The summed E-state index contributed by atoms with van der Waals surface area (Å²) < 4.78 is 38.3. The summed E-state index contributed by atoms with van der Waals surface area (Å²) in [4.78, 5) is 12.2. The number of hydrogen-bond acceptors (Lipinski definition) is 3. The molecule has 26 heavy (non-hydrogen) atoms. The molecule has 1 fully saturated rings. The average molecular weight is 397 g/mol. The lowest BCUT2D eigenvalue weighted by atomic mass is 10.1. The molecule has 1 N–H and O–H groups in total. The van der Waals surface area contributed by atoms with Crippen LogP contribution >= 0.6 is 11.6 Å². The summed E-state index contributed by atoms with van der Waals surface area (Å²) >= 11 is 6.13. The standard InChI is InChI=1S/C18H18ClFN2O3S/c19-16-8-7-15(22-10-1-11-26(22,24)25)12-17(16)21-18(23)9-4-13-2-5-14(20)6-3-13/h2-3,5-8,12H,1,4,9-11H2,(H,21,23). The molecule has 8 heteroatoms. The normalized spacial score (nSPS) is 15.8. The number of benzene rings is 2. The van der Waals surface area contributed by atoms with Gasteiger partial charge in [-0.15, -0.1) is 0 Å². The van der Waals surface area contributed by atoms with Gasteiger partial charge < -0.3 is 5.32 Å². The smallest absolute Gasteiger partial charge is 0.235 e. The molecule has 0 aromatic heterocycles. The summed E-state index contributed by atoms with van der Waals surface area (Å²) in [6.45, 7) is 0.419. The predicted molar refractivity (Wildman–Crippen MR) is 101 cm³/mol. The van der Waals surface area contributed by atoms with Crippen molar-refractivity contribution in [2.24, 2.45) is 0 Å². The zero-order valence-corrected chi connectivity index (χ0v) is 15.5. The van der Waals surface area contributed by atoms with Crippen molar-refractivity contribution in [2.45, 2.75) is 19.3 Å². The lowest BCUT2D eigenvalue weighted by molar-refractivity contribution is -0.116. The van der Waals surface area contributed by atoms with E-state index in [1.165, 1.54) is 16.4 Å². The van der Waals surface area contributed by atoms with Gasteiger partial charge in [0.2, 0.25) is 15.9 Å². The van der Waals surface area contributed by atoms with Crippen LogP contribution in [0, 0.1) is 5.82 Å². The molecule has 1 heterocycles. The lowest BCUT2D eigenvalue weighted by Crippen LogP contribution is -2.25. The zero-order valence-electron chi connectivity index (χ0n) is 13.9. The van der Waals surface area contributed by atoms with Crippen LogP contribution in [0.5, 0.6) is 0 Å². The van der Waals surface area contributed by atoms with Gasteiger partial charge in [-0.2, -0.15) is 0 Å². The van der Waals surface area contributed by atoms with Gasteiger partial charge in [0.05, 0.1) is 22.2 Å². The number of hydrogen-bond donors (Lipinski definition) is 1. The zero-order chi connectivity index (χ0) is 18.7. The van der Waals surface area contributed by atoms with Gasteiger partial charge in [0.1, 0.15) is 5.82 Å². The minimum atomic E-state index is -3.30. The highest BCUT2D eigenvalue weighted by molar-refractivity contribution is 7.93. The van der Waals surface area contributed by atoms with Crippen molar-refractivity contribution >= 4 is 38.9 Å². The van der Waals surface area contributed by atoms with Crippen molar-refractivity contribution in [2.75, 3.05) is 21.9 Å². The first kappa shape index (κ1) is 18.7. The van der Waals surface area contributed by atoms with E-state index in [1.807, 2.05) is 0 Å². The quantitative estimate of drug-likeness (QED) is 0.839. The molecule has 1 saturated heterocycles. The van der Waals surface area contributed by atoms with E-state index in [9.17, 15) is 17.6 Å². The van der Waals surface area contributed by atoms with Gasteiger partial charge in [-0.1, -0.05) is 23.7 Å².